The number of H-pyrrole nitrogens is 1. The van der Waals surface area contributed by atoms with Crippen molar-refractivity contribution in [2.75, 3.05) is 0 Å². The van der Waals surface area contributed by atoms with Crippen LogP contribution in [0.2, 0.25) is 0 Å². The molecule has 2 aromatic rings. The number of nitrogens with zero attached hydrogens (tertiary/aromatic N) is 2. The molecular weight excluding hydrogens is 415 g/mol. The molecule has 7 N–H and O–H groups in total. The number of hydrogen-bond acceptors (Lipinski definition) is 6. The van der Waals surface area contributed by atoms with Gasteiger partial charge in [-0.2, -0.15) is 13.2 Å². The molecule has 0 bridgehead atoms. The Morgan fingerprint density at radius 2 is 2.00 bits per heavy atom. The minimum absolute atomic E-state index is 0.0931. The smallest absolute Gasteiger partial charge is 0.389 e. The van der Waals surface area contributed by atoms with Crippen LogP contribution in [-0.4, -0.2) is 39.0 Å². The van der Waals surface area contributed by atoms with Crippen molar-refractivity contribution in [3.05, 3.63) is 41.5 Å². The quantitative estimate of drug-likeness (QED) is 0.226. The van der Waals surface area contributed by atoms with E-state index in [-0.39, 0.29) is 24.8 Å². The Labute approximate surface area is 176 Å². The number of alkyl halides is 3. The van der Waals surface area contributed by atoms with Gasteiger partial charge in [0.05, 0.1) is 24.0 Å². The van der Waals surface area contributed by atoms with Crippen molar-refractivity contribution in [1.29, 1.82) is 0 Å². The van der Waals surface area contributed by atoms with Gasteiger partial charge in [-0.05, 0) is 30.5 Å². The predicted octanol–water partition coefficient (Wildman–Crippen LogP) is 1.28. The Morgan fingerprint density at radius 1 is 1.26 bits per heavy atom. The molecule has 9 nitrogen and oxygen atoms in total. The molecule has 2 amide bonds. The summed E-state index contributed by atoms with van der Waals surface area (Å²) < 4.78 is 36.5. The van der Waals surface area contributed by atoms with Crippen LogP contribution in [0.3, 0.4) is 0 Å². The van der Waals surface area contributed by atoms with Gasteiger partial charge in [0.15, 0.2) is 0 Å². The first kappa shape index (κ1) is 22.4. The molecule has 1 aromatic heterocycles. The van der Waals surface area contributed by atoms with Crippen LogP contribution in [-0.2, 0) is 22.7 Å². The second kappa shape index (κ2) is 9.25. The molecule has 1 aromatic carbocycles. The van der Waals surface area contributed by atoms with Crippen molar-refractivity contribution in [1.82, 2.24) is 25.6 Å². The highest BCUT2D eigenvalue weighted by atomic mass is 19.4. The SMILES string of the molecule is N/C=C(/C(=O)NCc1nc2ccc(CNC(=O)CCC(F)(F)F)cc2[nH]1)N(N)C1CC1. The monoisotopic (exact) mass is 439 g/mol. The van der Waals surface area contributed by atoms with Gasteiger partial charge in [-0.15, -0.1) is 0 Å². The number of hydrazine groups is 1. The third-order valence-corrected chi connectivity index (χ3v) is 4.75. The zero-order valence-corrected chi connectivity index (χ0v) is 16.6. The zero-order chi connectivity index (χ0) is 22.6. The summed E-state index contributed by atoms with van der Waals surface area (Å²) in [6, 6.07) is 5.29. The fourth-order valence-electron chi connectivity index (χ4n) is 2.93. The first-order valence-electron chi connectivity index (χ1n) is 9.71. The van der Waals surface area contributed by atoms with Crippen LogP contribution < -0.4 is 22.2 Å². The standard InChI is InChI=1S/C19H24F3N7O2/c20-19(21,22)6-5-17(30)25-9-11-1-4-13-14(7-11)28-16(27-13)10-26-18(31)15(8-23)29(24)12-2-3-12/h1,4,7-8,12H,2-3,5-6,9-10,23-24H2,(H,25,30)(H,26,31)(H,27,28)/b15-8-. The minimum atomic E-state index is -4.36. The number of carbonyl (C=O) groups is 2. The highest BCUT2D eigenvalue weighted by Crippen LogP contribution is 2.26. The van der Waals surface area contributed by atoms with E-state index in [1.807, 2.05) is 0 Å². The number of amides is 2. The van der Waals surface area contributed by atoms with Crippen LogP contribution in [0.1, 0.15) is 37.1 Å². The minimum Gasteiger partial charge on any atom is -0.403 e. The lowest BCUT2D eigenvalue weighted by molar-refractivity contribution is -0.144. The number of halogens is 3. The molecule has 0 atom stereocenters. The van der Waals surface area contributed by atoms with Crippen LogP contribution in [0.4, 0.5) is 13.2 Å². The Balaban J connectivity index is 1.54. The number of nitrogens with one attached hydrogen (secondary N) is 3. The highest BCUT2D eigenvalue weighted by Gasteiger charge is 2.31. The molecule has 0 spiro atoms. The zero-order valence-electron chi connectivity index (χ0n) is 16.6. The van der Waals surface area contributed by atoms with Gasteiger partial charge in [0.1, 0.15) is 11.5 Å². The molecule has 0 aliphatic heterocycles. The Hall–Kier alpha value is -3.28. The topological polar surface area (TPSA) is 142 Å². The Kier molecular flexibility index (Phi) is 6.68. The van der Waals surface area contributed by atoms with Crippen LogP contribution in [0.25, 0.3) is 11.0 Å². The van der Waals surface area contributed by atoms with E-state index in [1.54, 1.807) is 18.2 Å². The summed E-state index contributed by atoms with van der Waals surface area (Å²) in [5.74, 6) is 5.30. The maximum atomic E-state index is 12.3. The molecular formula is C19H24F3N7O2. The maximum absolute atomic E-state index is 12.3. The molecule has 0 saturated heterocycles. The Bertz CT molecular complexity index is 983. The number of carbonyl (C=O) groups excluding carboxylic acids is 2. The van der Waals surface area contributed by atoms with Crippen LogP contribution in [0, 0.1) is 0 Å². The normalized spacial score (nSPS) is 14.5. The van der Waals surface area contributed by atoms with Gasteiger partial charge in [0.25, 0.3) is 5.91 Å². The van der Waals surface area contributed by atoms with E-state index in [9.17, 15) is 22.8 Å². The number of benzene rings is 1. The van der Waals surface area contributed by atoms with Crippen molar-refractivity contribution in [3.8, 4) is 0 Å². The van der Waals surface area contributed by atoms with Crippen LogP contribution in [0.15, 0.2) is 30.1 Å². The first-order chi connectivity index (χ1) is 14.7. The number of rotatable bonds is 9. The lowest BCUT2D eigenvalue weighted by atomic mass is 10.2. The number of fused-ring (bicyclic) bond motifs is 1. The molecule has 0 unspecified atom stereocenters. The third kappa shape index (κ3) is 6.35. The predicted molar refractivity (Wildman–Crippen MR) is 106 cm³/mol. The molecule has 1 fully saturated rings. The summed E-state index contributed by atoms with van der Waals surface area (Å²) in [4.78, 5) is 31.3. The number of aromatic nitrogens is 2. The fraction of sp³-hybridized carbons (Fsp3) is 0.421. The van der Waals surface area contributed by atoms with E-state index in [2.05, 4.69) is 20.6 Å². The molecule has 3 rings (SSSR count). The molecule has 1 heterocycles. The Morgan fingerprint density at radius 3 is 2.65 bits per heavy atom. The van der Waals surface area contributed by atoms with Crippen molar-refractivity contribution in [3.63, 3.8) is 0 Å². The lowest BCUT2D eigenvalue weighted by Crippen LogP contribution is -2.41. The third-order valence-electron chi connectivity index (χ3n) is 4.75. The molecule has 12 heteroatoms. The highest BCUT2D eigenvalue weighted by molar-refractivity contribution is 5.92. The van der Waals surface area contributed by atoms with Crippen LogP contribution >= 0.6 is 0 Å². The molecule has 1 aliphatic carbocycles. The summed E-state index contributed by atoms with van der Waals surface area (Å²) in [6.07, 6.45) is -3.14. The summed E-state index contributed by atoms with van der Waals surface area (Å²) in [6.45, 7) is 0.211. The van der Waals surface area contributed by atoms with Crippen molar-refractivity contribution in [2.45, 2.75) is 51.0 Å². The number of imidazole rings is 1. The van der Waals surface area contributed by atoms with E-state index in [4.69, 9.17) is 11.6 Å². The van der Waals surface area contributed by atoms with Crippen molar-refractivity contribution >= 4 is 22.8 Å². The lowest BCUT2D eigenvalue weighted by Gasteiger charge is -2.20. The van der Waals surface area contributed by atoms with Gasteiger partial charge in [0.2, 0.25) is 5.91 Å². The molecule has 31 heavy (non-hydrogen) atoms. The average molecular weight is 439 g/mol. The average Bonchev–Trinajstić information content (AvgIpc) is 3.48. The van der Waals surface area contributed by atoms with E-state index < -0.39 is 30.8 Å². The van der Waals surface area contributed by atoms with Gasteiger partial charge >= 0.3 is 6.18 Å². The summed E-state index contributed by atoms with van der Waals surface area (Å²) in [5, 5.41) is 6.53. The van der Waals surface area contributed by atoms with Gasteiger partial charge in [-0.3, -0.25) is 9.59 Å². The maximum Gasteiger partial charge on any atom is 0.389 e. The van der Waals surface area contributed by atoms with Gasteiger partial charge in [-0.1, -0.05) is 6.07 Å². The second-order valence-corrected chi connectivity index (χ2v) is 7.30. The number of aromatic amines is 1. The van der Waals surface area contributed by atoms with Gasteiger partial charge in [-0.25, -0.2) is 10.8 Å². The molecule has 0 radical (unpaired) electrons. The van der Waals surface area contributed by atoms with Gasteiger partial charge < -0.3 is 26.4 Å². The summed E-state index contributed by atoms with van der Waals surface area (Å²) in [5.41, 5.74) is 7.71. The molecule has 1 aliphatic rings. The summed E-state index contributed by atoms with van der Waals surface area (Å²) in [7, 11) is 0. The largest absolute Gasteiger partial charge is 0.403 e. The van der Waals surface area contributed by atoms with E-state index >= 15 is 0 Å². The van der Waals surface area contributed by atoms with Gasteiger partial charge in [0, 0.05) is 25.2 Å². The summed E-state index contributed by atoms with van der Waals surface area (Å²) >= 11 is 0. The first-order valence-corrected chi connectivity index (χ1v) is 9.71. The second-order valence-electron chi connectivity index (χ2n) is 7.30. The van der Waals surface area contributed by atoms with Crippen LogP contribution in [0.5, 0.6) is 0 Å². The van der Waals surface area contributed by atoms with E-state index in [0.717, 1.165) is 12.8 Å². The molecule has 1 saturated carbocycles. The fourth-order valence-corrected chi connectivity index (χ4v) is 2.93. The molecule has 168 valence electrons. The number of nitrogens with two attached hydrogens (primary N) is 2. The number of hydrogen-bond donors (Lipinski definition) is 5. The van der Waals surface area contributed by atoms with E-state index in [1.165, 1.54) is 11.2 Å². The van der Waals surface area contributed by atoms with Crippen molar-refractivity contribution in [2.24, 2.45) is 11.6 Å². The van der Waals surface area contributed by atoms with E-state index in [0.29, 0.717) is 22.4 Å². The van der Waals surface area contributed by atoms with Crippen molar-refractivity contribution < 1.29 is 22.8 Å².